The molecule has 4 rings (SSSR count). The van der Waals surface area contributed by atoms with Gasteiger partial charge in [-0.15, -0.1) is 0 Å². The van der Waals surface area contributed by atoms with Crippen LogP contribution in [0.2, 0.25) is 0 Å². The topological polar surface area (TPSA) is 55.1 Å². The predicted molar refractivity (Wildman–Crippen MR) is 94.6 cm³/mol. The van der Waals surface area contributed by atoms with Crippen LogP contribution in [0.5, 0.6) is 0 Å². The van der Waals surface area contributed by atoms with Crippen LogP contribution in [0.4, 0.5) is 5.69 Å². The summed E-state index contributed by atoms with van der Waals surface area (Å²) < 4.78 is 5.76. The second-order valence-corrected chi connectivity index (χ2v) is 6.08. The Morgan fingerprint density at radius 3 is 2.75 bits per heavy atom. The summed E-state index contributed by atoms with van der Waals surface area (Å²) in [6.07, 6.45) is 6.98. The molecular weight excluding hydrogens is 300 g/mol. The molecule has 4 nitrogen and oxygen atoms in total. The van der Waals surface area contributed by atoms with Crippen molar-refractivity contribution in [2.45, 2.75) is 19.3 Å². The summed E-state index contributed by atoms with van der Waals surface area (Å²) in [4.78, 5) is 16.5. The molecule has 1 heterocycles. The van der Waals surface area contributed by atoms with E-state index >= 15 is 0 Å². The van der Waals surface area contributed by atoms with Crippen molar-refractivity contribution < 1.29 is 9.21 Å². The quantitative estimate of drug-likeness (QED) is 0.704. The number of nitrogens with zero attached hydrogens (tertiary/aromatic N) is 1. The maximum Gasteiger partial charge on any atom is 0.227 e. The lowest BCUT2D eigenvalue weighted by Crippen LogP contribution is -2.14. The van der Waals surface area contributed by atoms with Crippen molar-refractivity contribution in [2.24, 2.45) is 5.92 Å². The van der Waals surface area contributed by atoms with Crippen LogP contribution >= 0.6 is 0 Å². The zero-order valence-electron chi connectivity index (χ0n) is 13.2. The van der Waals surface area contributed by atoms with Crippen molar-refractivity contribution in [1.29, 1.82) is 0 Å². The Kier molecular flexibility index (Phi) is 3.87. The molecule has 0 bridgehead atoms. The number of anilines is 1. The molecular formula is C20H18N2O2. The summed E-state index contributed by atoms with van der Waals surface area (Å²) in [6.45, 7) is 0. The number of amides is 1. The van der Waals surface area contributed by atoms with E-state index in [-0.39, 0.29) is 5.91 Å². The molecule has 1 aliphatic carbocycles. The van der Waals surface area contributed by atoms with Crippen LogP contribution in [0.3, 0.4) is 0 Å². The summed E-state index contributed by atoms with van der Waals surface area (Å²) >= 11 is 0. The molecule has 24 heavy (non-hydrogen) atoms. The largest absolute Gasteiger partial charge is 0.436 e. The number of fused-ring (bicyclic) bond motifs is 1. The van der Waals surface area contributed by atoms with E-state index in [1.54, 1.807) is 0 Å². The highest BCUT2D eigenvalue weighted by Crippen LogP contribution is 2.25. The second kappa shape index (κ2) is 6.32. The average molecular weight is 318 g/mol. The van der Waals surface area contributed by atoms with Crippen LogP contribution < -0.4 is 5.32 Å². The van der Waals surface area contributed by atoms with Gasteiger partial charge in [-0.2, -0.15) is 0 Å². The number of oxazole rings is 1. The Balaban J connectivity index is 1.46. The molecule has 0 saturated carbocycles. The molecule has 1 aliphatic rings. The maximum atomic E-state index is 12.1. The summed E-state index contributed by atoms with van der Waals surface area (Å²) in [5.74, 6) is 1.02. The molecule has 3 aromatic rings. The van der Waals surface area contributed by atoms with E-state index in [1.165, 1.54) is 0 Å². The zero-order valence-corrected chi connectivity index (χ0v) is 13.2. The minimum atomic E-state index is 0.0566. The van der Waals surface area contributed by atoms with Gasteiger partial charge in [-0.3, -0.25) is 4.79 Å². The fourth-order valence-electron chi connectivity index (χ4n) is 3.01. The van der Waals surface area contributed by atoms with Crippen molar-refractivity contribution in [3.8, 4) is 11.5 Å². The van der Waals surface area contributed by atoms with Gasteiger partial charge in [0.1, 0.15) is 5.52 Å². The molecule has 0 radical (unpaired) electrons. The first-order valence-electron chi connectivity index (χ1n) is 8.20. The van der Waals surface area contributed by atoms with E-state index in [1.807, 2.05) is 48.5 Å². The van der Waals surface area contributed by atoms with E-state index in [9.17, 15) is 4.79 Å². The average Bonchev–Trinajstić information content (AvgIpc) is 3.24. The smallest absolute Gasteiger partial charge is 0.227 e. The van der Waals surface area contributed by atoms with Crippen LogP contribution in [0.25, 0.3) is 22.6 Å². The Labute approximate surface area is 140 Å². The van der Waals surface area contributed by atoms with Gasteiger partial charge >= 0.3 is 0 Å². The third kappa shape index (κ3) is 3.08. The van der Waals surface area contributed by atoms with Crippen molar-refractivity contribution in [1.82, 2.24) is 4.98 Å². The van der Waals surface area contributed by atoms with Crippen LogP contribution in [0, 0.1) is 5.92 Å². The lowest BCUT2D eigenvalue weighted by molar-refractivity contribution is -0.116. The van der Waals surface area contributed by atoms with Crippen LogP contribution in [0.15, 0.2) is 65.1 Å². The SMILES string of the molecule is O=C(C[C@@H]1C=CCC1)Nc1ccc(-c2nc3ccccc3o2)cc1. The number of para-hydroxylation sites is 2. The van der Waals surface area contributed by atoms with Gasteiger partial charge in [0.2, 0.25) is 11.8 Å². The predicted octanol–water partition coefficient (Wildman–Crippen LogP) is 4.79. The highest BCUT2D eigenvalue weighted by molar-refractivity contribution is 5.91. The lowest BCUT2D eigenvalue weighted by atomic mass is 10.0. The van der Waals surface area contributed by atoms with E-state index < -0.39 is 0 Å². The molecule has 2 aromatic carbocycles. The highest BCUT2D eigenvalue weighted by Gasteiger charge is 2.14. The number of hydrogen-bond donors (Lipinski definition) is 1. The summed E-state index contributed by atoms with van der Waals surface area (Å²) in [6, 6.07) is 15.3. The summed E-state index contributed by atoms with van der Waals surface area (Å²) in [5, 5.41) is 2.95. The molecule has 1 aromatic heterocycles. The Hall–Kier alpha value is -2.88. The van der Waals surface area contributed by atoms with E-state index in [2.05, 4.69) is 22.5 Å². The lowest BCUT2D eigenvalue weighted by Gasteiger charge is -2.09. The molecule has 0 fully saturated rings. The van der Waals surface area contributed by atoms with Gasteiger partial charge in [0, 0.05) is 17.7 Å². The van der Waals surface area contributed by atoms with E-state index in [0.717, 1.165) is 35.2 Å². The molecule has 0 unspecified atom stereocenters. The van der Waals surface area contributed by atoms with Crippen molar-refractivity contribution >= 4 is 22.7 Å². The number of benzene rings is 2. The van der Waals surface area contributed by atoms with Gasteiger partial charge in [0.25, 0.3) is 0 Å². The van der Waals surface area contributed by atoms with Gasteiger partial charge in [0.15, 0.2) is 5.58 Å². The van der Waals surface area contributed by atoms with Crippen LogP contribution in [-0.2, 0) is 4.79 Å². The fourth-order valence-corrected chi connectivity index (χ4v) is 3.01. The first kappa shape index (κ1) is 14.7. The number of carbonyl (C=O) groups is 1. The molecule has 1 amide bonds. The highest BCUT2D eigenvalue weighted by atomic mass is 16.3. The first-order chi connectivity index (χ1) is 11.8. The maximum absolute atomic E-state index is 12.1. The molecule has 1 atom stereocenters. The summed E-state index contributed by atoms with van der Waals surface area (Å²) in [5.41, 5.74) is 3.30. The normalized spacial score (nSPS) is 16.6. The molecule has 1 N–H and O–H groups in total. The monoisotopic (exact) mass is 318 g/mol. The Morgan fingerprint density at radius 2 is 2.00 bits per heavy atom. The standard InChI is InChI=1S/C20H18N2O2/c23-19(13-14-5-1-2-6-14)21-16-11-9-15(10-12-16)20-22-17-7-3-4-8-18(17)24-20/h1,3-5,7-12,14H,2,6,13H2,(H,21,23)/t14-/m1/s1. The van der Waals surface area contributed by atoms with E-state index in [4.69, 9.17) is 4.42 Å². The third-order valence-electron chi connectivity index (χ3n) is 4.27. The number of allylic oxidation sites excluding steroid dienone is 2. The van der Waals surface area contributed by atoms with Crippen molar-refractivity contribution in [3.05, 3.63) is 60.7 Å². The van der Waals surface area contributed by atoms with Crippen LogP contribution in [0.1, 0.15) is 19.3 Å². The third-order valence-corrected chi connectivity index (χ3v) is 4.27. The summed E-state index contributed by atoms with van der Waals surface area (Å²) in [7, 11) is 0. The van der Waals surface area contributed by atoms with Gasteiger partial charge < -0.3 is 9.73 Å². The molecule has 0 spiro atoms. The van der Waals surface area contributed by atoms with E-state index in [0.29, 0.717) is 18.2 Å². The minimum absolute atomic E-state index is 0.0566. The zero-order chi connectivity index (χ0) is 16.4. The Morgan fingerprint density at radius 1 is 1.17 bits per heavy atom. The van der Waals surface area contributed by atoms with Crippen molar-refractivity contribution in [2.75, 3.05) is 5.32 Å². The van der Waals surface area contributed by atoms with Crippen molar-refractivity contribution in [3.63, 3.8) is 0 Å². The number of hydrogen-bond acceptors (Lipinski definition) is 3. The minimum Gasteiger partial charge on any atom is -0.436 e. The van der Waals surface area contributed by atoms with Gasteiger partial charge in [-0.1, -0.05) is 24.3 Å². The molecule has 0 saturated heterocycles. The van der Waals surface area contributed by atoms with Gasteiger partial charge in [-0.05, 0) is 55.2 Å². The number of nitrogens with one attached hydrogen (secondary N) is 1. The van der Waals surface area contributed by atoms with Gasteiger partial charge in [0.05, 0.1) is 0 Å². The molecule has 4 heteroatoms. The fraction of sp³-hybridized carbons (Fsp3) is 0.200. The number of rotatable bonds is 4. The van der Waals surface area contributed by atoms with Gasteiger partial charge in [-0.25, -0.2) is 4.98 Å². The first-order valence-corrected chi connectivity index (χ1v) is 8.20. The Bertz CT molecular complexity index is 860. The molecule has 0 aliphatic heterocycles. The second-order valence-electron chi connectivity index (χ2n) is 6.08. The number of carbonyl (C=O) groups excluding carboxylic acids is 1. The molecule has 120 valence electrons. The number of aromatic nitrogens is 1. The van der Waals surface area contributed by atoms with Crippen LogP contribution in [-0.4, -0.2) is 10.9 Å².